The second-order valence-electron chi connectivity index (χ2n) is 14.4. The molecule has 0 saturated carbocycles. The summed E-state index contributed by atoms with van der Waals surface area (Å²) in [5.74, 6) is -0.373. The lowest BCUT2D eigenvalue weighted by atomic mass is 10.1. The second-order valence-corrected chi connectivity index (χ2v) is 14.4. The van der Waals surface area contributed by atoms with Gasteiger partial charge in [0.15, 0.2) is 0 Å². The molecule has 0 bridgehead atoms. The Hall–Kier alpha value is -0.980. The lowest BCUT2D eigenvalue weighted by molar-refractivity contribution is -0.123. The number of hydrogen-bond donors (Lipinski definition) is 4. The number of nitrogens with two attached hydrogens (primary N) is 2. The SMILES string of the molecule is CC(=O)CNC(=O)CN.CCCCCCCCCCCCCCC.CCCCCCCCCCCCCCC.CCCCNCCC.CCCN. The zero-order chi connectivity index (χ0) is 39.3. The fourth-order valence-corrected chi connectivity index (χ4v) is 5.08. The van der Waals surface area contributed by atoms with Crippen LogP contribution in [0.3, 0.4) is 0 Å². The van der Waals surface area contributed by atoms with Gasteiger partial charge in [0.25, 0.3) is 0 Å². The molecule has 6 nitrogen and oxygen atoms in total. The van der Waals surface area contributed by atoms with Crippen LogP contribution in [-0.4, -0.2) is 44.4 Å². The van der Waals surface area contributed by atoms with Gasteiger partial charge < -0.3 is 22.1 Å². The van der Waals surface area contributed by atoms with Crippen molar-refractivity contribution in [3.63, 3.8) is 0 Å². The van der Waals surface area contributed by atoms with E-state index in [0.29, 0.717) is 0 Å². The van der Waals surface area contributed by atoms with Crippen LogP contribution in [0.5, 0.6) is 0 Å². The number of carbonyl (C=O) groups is 2. The summed E-state index contributed by atoms with van der Waals surface area (Å²) in [5.41, 5.74) is 9.96. The van der Waals surface area contributed by atoms with Crippen LogP contribution in [0.1, 0.15) is 248 Å². The molecule has 0 heterocycles. The molecular formula is C45H100N4O2. The maximum absolute atomic E-state index is 10.3. The van der Waals surface area contributed by atoms with E-state index in [1.54, 1.807) is 0 Å². The van der Waals surface area contributed by atoms with Crippen molar-refractivity contribution in [1.29, 1.82) is 0 Å². The monoisotopic (exact) mass is 729 g/mol. The Bertz CT molecular complexity index is 516. The molecule has 0 aromatic rings. The molecule has 0 aromatic heterocycles. The van der Waals surface area contributed by atoms with E-state index in [0.717, 1.165) is 13.0 Å². The first-order chi connectivity index (χ1) is 24.8. The van der Waals surface area contributed by atoms with Crippen molar-refractivity contribution in [1.82, 2.24) is 10.6 Å². The Morgan fingerprint density at radius 3 is 0.863 bits per heavy atom. The molecule has 0 rings (SSSR count). The van der Waals surface area contributed by atoms with Crippen LogP contribution in [0.15, 0.2) is 0 Å². The molecule has 0 fully saturated rings. The summed E-state index contributed by atoms with van der Waals surface area (Å²) in [4.78, 5) is 20.5. The highest BCUT2D eigenvalue weighted by Crippen LogP contribution is 2.13. The van der Waals surface area contributed by atoms with Crippen molar-refractivity contribution in [3.05, 3.63) is 0 Å². The van der Waals surface area contributed by atoms with Crippen molar-refractivity contribution < 1.29 is 9.59 Å². The van der Waals surface area contributed by atoms with E-state index in [4.69, 9.17) is 11.5 Å². The quantitative estimate of drug-likeness (QED) is 0.0503. The van der Waals surface area contributed by atoms with Crippen molar-refractivity contribution in [2.75, 3.05) is 32.7 Å². The molecule has 0 aliphatic heterocycles. The van der Waals surface area contributed by atoms with Crippen LogP contribution in [0.4, 0.5) is 0 Å². The average molecular weight is 729 g/mol. The minimum atomic E-state index is -0.301. The Labute approximate surface area is 323 Å². The molecule has 0 aromatic carbocycles. The first kappa shape index (κ1) is 59.3. The maximum Gasteiger partial charge on any atom is 0.234 e. The number of hydrogen-bond acceptors (Lipinski definition) is 5. The third-order valence-electron chi connectivity index (χ3n) is 8.56. The molecular weight excluding hydrogens is 629 g/mol. The summed E-state index contributed by atoms with van der Waals surface area (Å²) in [5, 5.41) is 5.65. The highest BCUT2D eigenvalue weighted by atomic mass is 16.2. The number of rotatable bonds is 33. The zero-order valence-corrected chi connectivity index (χ0v) is 36.7. The predicted octanol–water partition coefficient (Wildman–Crippen LogP) is 13.0. The van der Waals surface area contributed by atoms with Crippen LogP contribution in [0.2, 0.25) is 0 Å². The van der Waals surface area contributed by atoms with Crippen molar-refractivity contribution >= 4 is 11.7 Å². The molecule has 51 heavy (non-hydrogen) atoms. The molecule has 0 saturated heterocycles. The fraction of sp³-hybridized carbons (Fsp3) is 0.956. The highest BCUT2D eigenvalue weighted by molar-refractivity contribution is 5.85. The smallest absolute Gasteiger partial charge is 0.234 e. The number of carbonyl (C=O) groups excluding carboxylic acids is 2. The molecule has 0 atom stereocenters. The van der Waals surface area contributed by atoms with Crippen molar-refractivity contribution in [2.24, 2.45) is 11.5 Å². The Morgan fingerprint density at radius 1 is 0.392 bits per heavy atom. The summed E-state index contributed by atoms with van der Waals surface area (Å²) in [6.45, 7) is 20.2. The van der Waals surface area contributed by atoms with E-state index in [2.05, 4.69) is 59.1 Å². The third kappa shape index (κ3) is 83.5. The number of ketones is 1. The van der Waals surface area contributed by atoms with E-state index in [-0.39, 0.29) is 24.8 Å². The predicted molar refractivity (Wildman–Crippen MR) is 233 cm³/mol. The van der Waals surface area contributed by atoms with E-state index < -0.39 is 0 Å². The van der Waals surface area contributed by atoms with Crippen LogP contribution >= 0.6 is 0 Å². The number of amides is 1. The van der Waals surface area contributed by atoms with Gasteiger partial charge in [0, 0.05) is 0 Å². The van der Waals surface area contributed by atoms with Gasteiger partial charge in [-0.2, -0.15) is 0 Å². The molecule has 0 spiro atoms. The summed E-state index contributed by atoms with van der Waals surface area (Å²) >= 11 is 0. The van der Waals surface area contributed by atoms with Gasteiger partial charge in [-0.25, -0.2) is 0 Å². The molecule has 6 heteroatoms. The van der Waals surface area contributed by atoms with Crippen LogP contribution in [-0.2, 0) is 9.59 Å². The average Bonchev–Trinajstić information content (AvgIpc) is 3.14. The van der Waals surface area contributed by atoms with E-state index >= 15 is 0 Å². The standard InChI is InChI=1S/2C15H32.C7H17N.C5H10N2O2.C3H9N/c2*1-3-5-7-9-11-13-15-14-12-10-8-6-4-2;1-3-5-7-8-6-4-2;1-4(8)3-7-5(9)2-6;1-2-3-4/h2*3-15H2,1-2H3;8H,3-7H2,1-2H3;2-3,6H2,1H3,(H,7,9);2-4H2,1H3. The lowest BCUT2D eigenvalue weighted by Gasteiger charge is -2.01. The number of unbranched alkanes of at least 4 members (excludes halogenated alkanes) is 25. The van der Waals surface area contributed by atoms with Gasteiger partial charge >= 0.3 is 0 Å². The minimum absolute atomic E-state index is 0.0622. The summed E-state index contributed by atoms with van der Waals surface area (Å²) < 4.78 is 0. The normalized spacial score (nSPS) is 10.0. The van der Waals surface area contributed by atoms with Crippen molar-refractivity contribution in [3.8, 4) is 0 Å². The van der Waals surface area contributed by atoms with E-state index in [9.17, 15) is 9.59 Å². The topological polar surface area (TPSA) is 110 Å². The van der Waals surface area contributed by atoms with Gasteiger partial charge in [-0.3, -0.25) is 9.59 Å². The summed E-state index contributed by atoms with van der Waals surface area (Å²) in [6.07, 6.45) is 42.8. The first-order valence-corrected chi connectivity index (χ1v) is 22.7. The summed E-state index contributed by atoms with van der Waals surface area (Å²) in [6, 6.07) is 0. The number of nitrogens with one attached hydrogen (secondary N) is 2. The fourth-order valence-electron chi connectivity index (χ4n) is 5.08. The molecule has 0 radical (unpaired) electrons. The van der Waals surface area contributed by atoms with Gasteiger partial charge in [0.2, 0.25) is 5.91 Å². The van der Waals surface area contributed by atoms with E-state index in [1.807, 2.05) is 0 Å². The van der Waals surface area contributed by atoms with Gasteiger partial charge in [0.05, 0.1) is 13.1 Å². The molecule has 0 aliphatic rings. The first-order valence-electron chi connectivity index (χ1n) is 22.7. The Kier molecular flexibility index (Phi) is 74.4. The van der Waals surface area contributed by atoms with E-state index in [1.165, 1.54) is 206 Å². The highest BCUT2D eigenvalue weighted by Gasteiger charge is 1.97. The number of Topliss-reactive ketones (excluding diaryl/α,β-unsaturated/α-hetero) is 1. The van der Waals surface area contributed by atoms with Gasteiger partial charge in [-0.05, 0) is 45.8 Å². The molecule has 0 aliphatic carbocycles. The zero-order valence-electron chi connectivity index (χ0n) is 36.7. The van der Waals surface area contributed by atoms with Crippen LogP contribution in [0, 0.1) is 0 Å². The Morgan fingerprint density at radius 2 is 0.667 bits per heavy atom. The van der Waals surface area contributed by atoms with Gasteiger partial charge in [0.1, 0.15) is 5.78 Å². The largest absolute Gasteiger partial charge is 0.348 e. The van der Waals surface area contributed by atoms with Crippen LogP contribution in [0.25, 0.3) is 0 Å². The molecule has 6 N–H and O–H groups in total. The minimum Gasteiger partial charge on any atom is -0.348 e. The molecule has 1 amide bonds. The lowest BCUT2D eigenvalue weighted by Crippen LogP contribution is -2.33. The molecule has 0 unspecified atom stereocenters. The van der Waals surface area contributed by atoms with Crippen molar-refractivity contribution in [2.45, 2.75) is 248 Å². The maximum atomic E-state index is 10.3. The second kappa shape index (κ2) is 64.0. The molecule has 312 valence electrons. The van der Waals surface area contributed by atoms with Crippen LogP contribution < -0.4 is 22.1 Å². The van der Waals surface area contributed by atoms with Gasteiger partial charge in [-0.15, -0.1) is 0 Å². The summed E-state index contributed by atoms with van der Waals surface area (Å²) in [7, 11) is 0. The van der Waals surface area contributed by atoms with Gasteiger partial charge in [-0.1, -0.05) is 222 Å². The third-order valence-corrected chi connectivity index (χ3v) is 8.56. The Balaban J connectivity index is -0.000000183.